The number of aryl methyl sites for hydroxylation is 1. The van der Waals surface area contributed by atoms with Crippen molar-refractivity contribution in [3.8, 4) is 0 Å². The second-order valence-electron chi connectivity index (χ2n) is 4.76. The average Bonchev–Trinajstić information content (AvgIpc) is 2.14. The Kier molecular flexibility index (Phi) is 2.79. The molecule has 0 heterocycles. The highest BCUT2D eigenvalue weighted by atomic mass is 19.1. The summed E-state index contributed by atoms with van der Waals surface area (Å²) in [6.07, 6.45) is 4.29. The van der Waals surface area contributed by atoms with E-state index in [0.717, 1.165) is 24.8 Å². The maximum Gasteiger partial charge on any atom is 0.123 e. The van der Waals surface area contributed by atoms with Crippen LogP contribution in [0.25, 0.3) is 0 Å². The Hall–Kier alpha value is -0.890. The number of benzene rings is 1. The first-order valence-electron chi connectivity index (χ1n) is 5.51. The Labute approximate surface area is 89.9 Å². The van der Waals surface area contributed by atoms with Gasteiger partial charge in [-0.05, 0) is 54.9 Å². The summed E-state index contributed by atoms with van der Waals surface area (Å²) < 4.78 is 12.9. The molecule has 1 fully saturated rings. The summed E-state index contributed by atoms with van der Waals surface area (Å²) in [7, 11) is 0. The lowest BCUT2D eigenvalue weighted by atomic mass is 9.65. The van der Waals surface area contributed by atoms with Crippen molar-refractivity contribution >= 4 is 0 Å². The molecule has 2 heteroatoms. The van der Waals surface area contributed by atoms with E-state index in [4.69, 9.17) is 0 Å². The molecule has 1 aromatic rings. The van der Waals surface area contributed by atoms with Gasteiger partial charge in [-0.25, -0.2) is 4.39 Å². The van der Waals surface area contributed by atoms with Gasteiger partial charge in [-0.1, -0.05) is 12.5 Å². The molecule has 0 aliphatic heterocycles. The van der Waals surface area contributed by atoms with E-state index in [2.05, 4.69) is 0 Å². The maximum atomic E-state index is 12.9. The minimum absolute atomic E-state index is 0.0859. The zero-order valence-electron chi connectivity index (χ0n) is 9.09. The van der Waals surface area contributed by atoms with Gasteiger partial charge in [0.1, 0.15) is 5.82 Å². The number of halogens is 1. The van der Waals surface area contributed by atoms with Gasteiger partial charge in [0.2, 0.25) is 0 Å². The quantitative estimate of drug-likeness (QED) is 0.809. The first kappa shape index (κ1) is 10.6. The largest absolute Gasteiger partial charge is 0.396 e. The van der Waals surface area contributed by atoms with E-state index in [-0.39, 0.29) is 17.8 Å². The number of aliphatic hydroxyl groups is 1. The van der Waals surface area contributed by atoms with E-state index in [0.29, 0.717) is 0 Å². The topological polar surface area (TPSA) is 20.2 Å². The minimum Gasteiger partial charge on any atom is -0.396 e. The van der Waals surface area contributed by atoms with Crippen molar-refractivity contribution in [1.29, 1.82) is 0 Å². The second-order valence-corrected chi connectivity index (χ2v) is 4.76. The molecule has 15 heavy (non-hydrogen) atoms. The Balaban J connectivity index is 2.16. The van der Waals surface area contributed by atoms with Crippen molar-refractivity contribution in [3.63, 3.8) is 0 Å². The van der Waals surface area contributed by atoms with Crippen LogP contribution in [0.3, 0.4) is 0 Å². The first-order valence-corrected chi connectivity index (χ1v) is 5.51. The summed E-state index contributed by atoms with van der Waals surface area (Å²) in [5, 5.41) is 9.37. The van der Waals surface area contributed by atoms with E-state index in [1.165, 1.54) is 18.1 Å². The van der Waals surface area contributed by atoms with Gasteiger partial charge >= 0.3 is 0 Å². The lowest BCUT2D eigenvalue weighted by Gasteiger charge is -2.40. The van der Waals surface area contributed by atoms with E-state index in [1.54, 1.807) is 6.07 Å². The van der Waals surface area contributed by atoms with E-state index in [1.807, 2.05) is 13.0 Å². The number of hydrogen-bond acceptors (Lipinski definition) is 1. The van der Waals surface area contributed by atoms with Gasteiger partial charge in [0.25, 0.3) is 0 Å². The van der Waals surface area contributed by atoms with E-state index in [9.17, 15) is 9.50 Å². The molecule has 0 radical (unpaired) electrons. The summed E-state index contributed by atoms with van der Waals surface area (Å²) in [6.45, 7) is 2.19. The fourth-order valence-corrected chi connectivity index (χ4v) is 2.33. The Bertz CT molecular complexity index is 350. The molecule has 0 spiro atoms. The van der Waals surface area contributed by atoms with Crippen LogP contribution in [0.1, 0.15) is 30.4 Å². The molecule has 0 aromatic heterocycles. The third kappa shape index (κ3) is 2.05. The molecule has 1 aliphatic rings. The maximum absolute atomic E-state index is 12.9. The van der Waals surface area contributed by atoms with Crippen molar-refractivity contribution in [1.82, 2.24) is 0 Å². The molecule has 0 amide bonds. The number of aliphatic hydroxyl groups excluding tert-OH is 1. The van der Waals surface area contributed by atoms with Gasteiger partial charge in [0, 0.05) is 6.61 Å². The molecule has 0 atom stereocenters. The molecular weight excluding hydrogens is 191 g/mol. The molecular formula is C13H17FO. The van der Waals surface area contributed by atoms with Crippen LogP contribution in [0.4, 0.5) is 4.39 Å². The Morgan fingerprint density at radius 1 is 1.40 bits per heavy atom. The van der Waals surface area contributed by atoms with Crippen LogP contribution < -0.4 is 0 Å². The van der Waals surface area contributed by atoms with Crippen molar-refractivity contribution in [2.24, 2.45) is 5.41 Å². The summed E-state index contributed by atoms with van der Waals surface area (Å²) in [5.41, 5.74) is 2.25. The smallest absolute Gasteiger partial charge is 0.123 e. The highest BCUT2D eigenvalue weighted by Gasteiger charge is 2.36. The molecule has 1 saturated carbocycles. The average molecular weight is 208 g/mol. The van der Waals surface area contributed by atoms with Gasteiger partial charge < -0.3 is 5.11 Å². The van der Waals surface area contributed by atoms with Crippen LogP contribution in [-0.4, -0.2) is 11.7 Å². The van der Waals surface area contributed by atoms with Crippen molar-refractivity contribution in [2.45, 2.75) is 32.6 Å². The highest BCUT2D eigenvalue weighted by Crippen LogP contribution is 2.43. The molecule has 1 nitrogen and oxygen atoms in total. The summed E-state index contributed by atoms with van der Waals surface area (Å²) in [5.74, 6) is -0.178. The first-order chi connectivity index (χ1) is 7.15. The van der Waals surface area contributed by atoms with Crippen molar-refractivity contribution < 1.29 is 9.50 Å². The van der Waals surface area contributed by atoms with Crippen LogP contribution in [0.15, 0.2) is 18.2 Å². The molecule has 1 aromatic carbocycles. The minimum atomic E-state index is -0.178. The normalized spacial score (nSPS) is 18.6. The lowest BCUT2D eigenvalue weighted by molar-refractivity contribution is 0.0449. The molecule has 0 saturated heterocycles. The van der Waals surface area contributed by atoms with Crippen LogP contribution in [-0.2, 0) is 6.42 Å². The molecule has 0 unspecified atom stereocenters. The molecule has 1 aliphatic carbocycles. The SMILES string of the molecule is Cc1cc(F)ccc1CC1(CO)CCC1. The van der Waals surface area contributed by atoms with Crippen LogP contribution >= 0.6 is 0 Å². The fourth-order valence-electron chi connectivity index (χ4n) is 2.33. The fraction of sp³-hybridized carbons (Fsp3) is 0.538. The van der Waals surface area contributed by atoms with Gasteiger partial charge in [-0.2, -0.15) is 0 Å². The van der Waals surface area contributed by atoms with Crippen LogP contribution in [0.2, 0.25) is 0 Å². The monoisotopic (exact) mass is 208 g/mol. The predicted octanol–water partition coefficient (Wildman–Crippen LogP) is 2.84. The third-order valence-corrected chi connectivity index (χ3v) is 3.62. The summed E-state index contributed by atoms with van der Waals surface area (Å²) >= 11 is 0. The molecule has 1 N–H and O–H groups in total. The van der Waals surface area contributed by atoms with Gasteiger partial charge in [0.05, 0.1) is 0 Å². The van der Waals surface area contributed by atoms with E-state index >= 15 is 0 Å². The van der Waals surface area contributed by atoms with E-state index < -0.39 is 0 Å². The number of hydrogen-bond donors (Lipinski definition) is 1. The second kappa shape index (κ2) is 3.93. The Morgan fingerprint density at radius 2 is 2.13 bits per heavy atom. The standard InChI is InChI=1S/C13H17FO/c1-10-7-12(14)4-3-11(10)8-13(9-15)5-2-6-13/h3-4,7,15H,2,5-6,8-9H2,1H3. The molecule has 0 bridgehead atoms. The third-order valence-electron chi connectivity index (χ3n) is 3.62. The Morgan fingerprint density at radius 3 is 2.60 bits per heavy atom. The summed E-state index contributed by atoms with van der Waals surface area (Å²) in [4.78, 5) is 0. The zero-order chi connectivity index (χ0) is 10.9. The molecule has 2 rings (SSSR count). The zero-order valence-corrected chi connectivity index (χ0v) is 9.09. The van der Waals surface area contributed by atoms with Crippen molar-refractivity contribution in [2.75, 3.05) is 6.61 Å². The number of rotatable bonds is 3. The van der Waals surface area contributed by atoms with Gasteiger partial charge in [-0.15, -0.1) is 0 Å². The van der Waals surface area contributed by atoms with Gasteiger partial charge in [-0.3, -0.25) is 0 Å². The van der Waals surface area contributed by atoms with Crippen LogP contribution in [0.5, 0.6) is 0 Å². The lowest BCUT2D eigenvalue weighted by Crippen LogP contribution is -2.35. The summed E-state index contributed by atoms with van der Waals surface area (Å²) in [6, 6.07) is 4.92. The molecule has 82 valence electrons. The highest BCUT2D eigenvalue weighted by molar-refractivity contribution is 5.28. The predicted molar refractivity (Wildman–Crippen MR) is 58.2 cm³/mol. The van der Waals surface area contributed by atoms with Gasteiger partial charge in [0.15, 0.2) is 0 Å². The van der Waals surface area contributed by atoms with Crippen molar-refractivity contribution in [3.05, 3.63) is 35.1 Å². The van der Waals surface area contributed by atoms with Crippen LogP contribution in [0, 0.1) is 18.2 Å².